The highest BCUT2D eigenvalue weighted by Gasteiger charge is 2.13. The number of methoxy groups -OCH3 is 1. The van der Waals surface area contributed by atoms with E-state index < -0.39 is 0 Å². The predicted molar refractivity (Wildman–Crippen MR) is 107 cm³/mol. The van der Waals surface area contributed by atoms with Crippen molar-refractivity contribution in [1.82, 2.24) is 14.8 Å². The summed E-state index contributed by atoms with van der Waals surface area (Å²) in [7, 11) is 3.55. The fraction of sp³-hybridized carbons (Fsp3) is 0.211. The van der Waals surface area contributed by atoms with Crippen LogP contribution in [-0.2, 0) is 19.2 Å². The van der Waals surface area contributed by atoms with Gasteiger partial charge in [-0.3, -0.25) is 0 Å². The molecule has 0 aliphatic heterocycles. The van der Waals surface area contributed by atoms with E-state index in [1.165, 1.54) is 10.9 Å². The fourth-order valence-corrected chi connectivity index (χ4v) is 4.42. The molecule has 0 atom stereocenters. The van der Waals surface area contributed by atoms with Crippen LogP contribution in [0.15, 0.2) is 56.1 Å². The van der Waals surface area contributed by atoms with Gasteiger partial charge in [-0.2, -0.15) is 0 Å². The summed E-state index contributed by atoms with van der Waals surface area (Å²) in [5.41, 5.74) is 1.05. The number of benzene rings is 1. The first-order valence-electron chi connectivity index (χ1n) is 8.28. The van der Waals surface area contributed by atoms with E-state index in [2.05, 4.69) is 21.6 Å². The summed E-state index contributed by atoms with van der Waals surface area (Å²) >= 11 is 3.26. The van der Waals surface area contributed by atoms with Crippen molar-refractivity contribution < 1.29 is 9.15 Å². The number of ether oxygens (including phenoxy) is 1. The molecule has 0 aliphatic carbocycles. The highest BCUT2D eigenvalue weighted by molar-refractivity contribution is 7.98. The molecule has 0 spiro atoms. The topological polar surface area (TPSA) is 70.2 Å². The van der Waals surface area contributed by atoms with Gasteiger partial charge in [0, 0.05) is 41.6 Å². The minimum Gasteiger partial charge on any atom is -0.497 e. The highest BCUT2D eigenvalue weighted by Crippen LogP contribution is 2.28. The van der Waals surface area contributed by atoms with Gasteiger partial charge in [0.2, 0.25) is 0 Å². The summed E-state index contributed by atoms with van der Waals surface area (Å²) in [6.45, 7) is 0. The first-order valence-corrected chi connectivity index (χ1v) is 10.1. The average molecular weight is 399 g/mol. The lowest BCUT2D eigenvalue weighted by Crippen LogP contribution is -2.01. The second kappa shape index (κ2) is 7.58. The average Bonchev–Trinajstić information content (AvgIpc) is 3.30. The fourth-order valence-electron chi connectivity index (χ4n) is 2.79. The van der Waals surface area contributed by atoms with Crippen LogP contribution in [0.5, 0.6) is 5.75 Å². The van der Waals surface area contributed by atoms with Gasteiger partial charge in [-0.25, -0.2) is 4.79 Å². The van der Waals surface area contributed by atoms with E-state index in [9.17, 15) is 4.79 Å². The Balaban J connectivity index is 1.57. The van der Waals surface area contributed by atoms with Gasteiger partial charge in [0.25, 0.3) is 0 Å². The van der Waals surface area contributed by atoms with E-state index in [-0.39, 0.29) is 5.63 Å². The van der Waals surface area contributed by atoms with Gasteiger partial charge in [0.15, 0.2) is 5.16 Å². The van der Waals surface area contributed by atoms with Crippen molar-refractivity contribution in [2.45, 2.75) is 17.3 Å². The molecule has 0 saturated carbocycles. The predicted octanol–water partition coefficient (Wildman–Crippen LogP) is 3.87. The number of fused-ring (bicyclic) bond motifs is 1. The molecule has 0 saturated heterocycles. The van der Waals surface area contributed by atoms with E-state index in [0.717, 1.165) is 28.4 Å². The number of thioether (sulfide) groups is 1. The molecule has 0 aliphatic rings. The van der Waals surface area contributed by atoms with Crippen LogP contribution in [0.3, 0.4) is 0 Å². The number of hydrogen-bond acceptors (Lipinski definition) is 7. The molecule has 4 aromatic rings. The number of aromatic nitrogens is 3. The van der Waals surface area contributed by atoms with E-state index in [0.29, 0.717) is 17.1 Å². The number of thiophene rings is 1. The lowest BCUT2D eigenvalue weighted by Gasteiger charge is -2.07. The van der Waals surface area contributed by atoms with Crippen molar-refractivity contribution >= 4 is 34.1 Å². The van der Waals surface area contributed by atoms with E-state index >= 15 is 0 Å². The Labute approximate surface area is 163 Å². The number of hydrogen-bond donors (Lipinski definition) is 0. The molecule has 1 aromatic carbocycles. The molecule has 4 rings (SSSR count). The van der Waals surface area contributed by atoms with Crippen LogP contribution in [0.4, 0.5) is 0 Å². The number of rotatable bonds is 6. The Morgan fingerprint density at radius 1 is 1.26 bits per heavy atom. The van der Waals surface area contributed by atoms with Crippen molar-refractivity contribution in [1.29, 1.82) is 0 Å². The Kier molecular flexibility index (Phi) is 5.00. The zero-order valence-corrected chi connectivity index (χ0v) is 16.5. The monoisotopic (exact) mass is 399 g/mol. The van der Waals surface area contributed by atoms with E-state index in [4.69, 9.17) is 9.15 Å². The summed E-state index contributed by atoms with van der Waals surface area (Å²) in [6.07, 6.45) is 0.763. The Bertz CT molecular complexity index is 1130. The lowest BCUT2D eigenvalue weighted by molar-refractivity contribution is 0.414. The number of nitrogens with zero attached hydrogens (tertiary/aromatic N) is 3. The van der Waals surface area contributed by atoms with E-state index in [1.807, 2.05) is 29.8 Å². The summed E-state index contributed by atoms with van der Waals surface area (Å²) in [6, 6.07) is 11.2. The highest BCUT2D eigenvalue weighted by atomic mass is 32.2. The first-order chi connectivity index (χ1) is 13.1. The third-order valence-corrected chi connectivity index (χ3v) is 6.18. The maximum atomic E-state index is 11.9. The SMILES string of the molecule is COc1ccc2c(CSc3nnc(Cc4cccs4)n3C)cc(=O)oc2c1. The molecule has 27 heavy (non-hydrogen) atoms. The van der Waals surface area contributed by atoms with E-state index in [1.54, 1.807) is 36.3 Å². The van der Waals surface area contributed by atoms with Crippen LogP contribution in [0, 0.1) is 0 Å². The molecular formula is C19H17N3O3S2. The molecule has 3 heterocycles. The molecule has 8 heteroatoms. The molecule has 0 unspecified atom stereocenters. The Morgan fingerprint density at radius 2 is 2.15 bits per heavy atom. The van der Waals surface area contributed by atoms with Crippen LogP contribution in [-0.4, -0.2) is 21.9 Å². The van der Waals surface area contributed by atoms with Gasteiger partial charge >= 0.3 is 5.63 Å². The van der Waals surface area contributed by atoms with Gasteiger partial charge in [-0.05, 0) is 29.1 Å². The largest absolute Gasteiger partial charge is 0.497 e. The van der Waals surface area contributed by atoms with Crippen molar-refractivity contribution in [3.63, 3.8) is 0 Å². The molecule has 0 N–H and O–H groups in total. The summed E-state index contributed by atoms with van der Waals surface area (Å²) < 4.78 is 12.5. The van der Waals surface area contributed by atoms with Crippen LogP contribution in [0.2, 0.25) is 0 Å². The summed E-state index contributed by atoms with van der Waals surface area (Å²) in [5, 5.41) is 12.4. The molecule has 0 amide bonds. The van der Waals surface area contributed by atoms with Crippen LogP contribution in [0.1, 0.15) is 16.3 Å². The quantitative estimate of drug-likeness (QED) is 0.362. The lowest BCUT2D eigenvalue weighted by atomic mass is 10.1. The minimum atomic E-state index is -0.372. The van der Waals surface area contributed by atoms with Crippen LogP contribution in [0.25, 0.3) is 11.0 Å². The molecule has 0 bridgehead atoms. The summed E-state index contributed by atoms with van der Waals surface area (Å²) in [5.74, 6) is 2.17. The Hall–Kier alpha value is -2.58. The molecule has 0 fully saturated rings. The van der Waals surface area contributed by atoms with Crippen molar-refractivity contribution in [2.75, 3.05) is 7.11 Å². The first kappa shape index (κ1) is 17.8. The van der Waals surface area contributed by atoms with Crippen LogP contribution < -0.4 is 10.4 Å². The second-order valence-corrected chi connectivity index (χ2v) is 7.93. The molecule has 3 aromatic heterocycles. The van der Waals surface area contributed by atoms with Crippen molar-refractivity contribution in [2.24, 2.45) is 7.05 Å². The Morgan fingerprint density at radius 3 is 2.93 bits per heavy atom. The zero-order chi connectivity index (χ0) is 18.8. The third kappa shape index (κ3) is 3.77. The maximum absolute atomic E-state index is 11.9. The van der Waals surface area contributed by atoms with Crippen LogP contribution >= 0.6 is 23.1 Å². The minimum absolute atomic E-state index is 0.372. The van der Waals surface area contributed by atoms with Gasteiger partial charge < -0.3 is 13.7 Å². The van der Waals surface area contributed by atoms with Gasteiger partial charge in [-0.15, -0.1) is 21.5 Å². The standard InChI is InChI=1S/C19H17N3O3S2/c1-22-17(10-14-4-3-7-26-14)20-21-19(22)27-11-12-8-18(23)25-16-9-13(24-2)5-6-15(12)16/h3-9H,10-11H2,1-2H3. The molecule has 0 radical (unpaired) electrons. The maximum Gasteiger partial charge on any atom is 0.336 e. The van der Waals surface area contributed by atoms with Gasteiger partial charge in [0.1, 0.15) is 17.2 Å². The molecule has 6 nitrogen and oxygen atoms in total. The van der Waals surface area contributed by atoms with Gasteiger partial charge in [-0.1, -0.05) is 17.8 Å². The third-order valence-electron chi connectivity index (χ3n) is 4.23. The summed E-state index contributed by atoms with van der Waals surface area (Å²) in [4.78, 5) is 13.2. The smallest absolute Gasteiger partial charge is 0.336 e. The normalized spacial score (nSPS) is 11.2. The molecular weight excluding hydrogens is 382 g/mol. The van der Waals surface area contributed by atoms with Crippen molar-refractivity contribution in [3.8, 4) is 5.75 Å². The zero-order valence-electron chi connectivity index (χ0n) is 14.8. The molecule has 138 valence electrons. The van der Waals surface area contributed by atoms with Gasteiger partial charge in [0.05, 0.1) is 7.11 Å². The second-order valence-electron chi connectivity index (χ2n) is 5.96. The van der Waals surface area contributed by atoms with Crippen molar-refractivity contribution in [3.05, 3.63) is 68.5 Å².